The molecule has 0 bridgehead atoms. The lowest BCUT2D eigenvalue weighted by molar-refractivity contribution is -0.147. The van der Waals surface area contributed by atoms with Gasteiger partial charge in [0.15, 0.2) is 0 Å². The molecule has 0 radical (unpaired) electrons. The van der Waals surface area contributed by atoms with E-state index in [9.17, 15) is 28.4 Å². The highest BCUT2D eigenvalue weighted by Crippen LogP contribution is 2.28. The highest BCUT2D eigenvalue weighted by atomic mass is 19.1. The Morgan fingerprint density at radius 2 is 1.54 bits per heavy atom. The van der Waals surface area contributed by atoms with Crippen LogP contribution in [0.1, 0.15) is 105 Å². The van der Waals surface area contributed by atoms with Crippen LogP contribution in [0.25, 0.3) is 0 Å². The summed E-state index contributed by atoms with van der Waals surface area (Å²) in [6, 6.07) is -4.91. The van der Waals surface area contributed by atoms with Crippen molar-refractivity contribution >= 4 is 29.5 Å². The number of nitrogens with two attached hydrogens (primary N) is 2. The molecule has 15 heteroatoms. The van der Waals surface area contributed by atoms with Gasteiger partial charge in [0.2, 0.25) is 29.5 Å². The van der Waals surface area contributed by atoms with Crippen LogP contribution in [0.3, 0.4) is 0 Å². The Morgan fingerprint density at radius 3 is 2.15 bits per heavy atom. The van der Waals surface area contributed by atoms with Gasteiger partial charge in [-0.1, -0.05) is 72.6 Å². The SMILES string of the molecule is CCCCCC[C@H]1OC[C@@H](C)NC(=O)[C@H](COC[C@@H](F)CN)NC(=O)[C@H](CN)NC(=O)[C@H](C2CCCCC2)NC(=O)[C@H](CC(C)C)N(C)C(=O)[C@@H]1C. The molecule has 1 heterocycles. The number of nitrogens with one attached hydrogen (secondary N) is 4. The lowest BCUT2D eigenvalue weighted by Crippen LogP contribution is -2.62. The number of likely N-dealkylation sites (N-methyl/N-ethyl adjacent to an activating group) is 1. The summed E-state index contributed by atoms with van der Waals surface area (Å²) >= 11 is 0. The number of amides is 5. The number of ether oxygens (including phenoxy) is 2. The van der Waals surface area contributed by atoms with Crippen LogP contribution in [-0.2, 0) is 33.4 Å². The van der Waals surface area contributed by atoms with E-state index in [1.807, 2.05) is 13.8 Å². The zero-order valence-corrected chi connectivity index (χ0v) is 32.4. The van der Waals surface area contributed by atoms with E-state index in [2.05, 4.69) is 28.2 Å². The molecule has 0 aromatic heterocycles. The predicted molar refractivity (Wildman–Crippen MR) is 197 cm³/mol. The first-order valence-corrected chi connectivity index (χ1v) is 19.4. The van der Waals surface area contributed by atoms with Gasteiger partial charge >= 0.3 is 0 Å². The summed E-state index contributed by atoms with van der Waals surface area (Å²) in [4.78, 5) is 70.8. The van der Waals surface area contributed by atoms with Crippen molar-refractivity contribution < 1.29 is 37.8 Å². The largest absolute Gasteiger partial charge is 0.376 e. The fourth-order valence-electron chi connectivity index (χ4n) is 6.87. The van der Waals surface area contributed by atoms with Crippen LogP contribution in [0.4, 0.5) is 4.39 Å². The highest BCUT2D eigenvalue weighted by Gasteiger charge is 2.39. The smallest absolute Gasteiger partial charge is 0.245 e. The Balaban J connectivity index is 2.54. The summed E-state index contributed by atoms with van der Waals surface area (Å²) in [5.41, 5.74) is 11.3. The van der Waals surface area contributed by atoms with Gasteiger partial charge in [-0.3, -0.25) is 24.0 Å². The molecule has 8 N–H and O–H groups in total. The zero-order chi connectivity index (χ0) is 38.8. The van der Waals surface area contributed by atoms with Crippen molar-refractivity contribution in [2.45, 2.75) is 148 Å². The lowest BCUT2D eigenvalue weighted by Gasteiger charge is -2.36. The standard InChI is InChI=1S/C37H68FN7O7/c1-7-8-9-13-16-31-25(5)37(50)45(6)30(17-23(2)3)35(48)44-32(26-14-11-10-12-15-26)36(49)42-28(19-40)33(46)43-29(22-51-21-27(38)18-39)34(47)41-24(4)20-52-31/h23-32H,7-22,39-40H2,1-6H3,(H,41,47)(H,42,49)(H,43,46)(H,44,48)/t24-,25-,27+,28+,29+,30+,31-,32+/m1/s1. The molecule has 2 rings (SSSR count). The maximum absolute atomic E-state index is 14.2. The number of unbranched alkanes of at least 4 members (excludes halogenated alkanes) is 3. The minimum atomic E-state index is -1.46. The molecular weight excluding hydrogens is 673 g/mol. The van der Waals surface area contributed by atoms with Crippen LogP contribution >= 0.6 is 0 Å². The number of halogens is 1. The van der Waals surface area contributed by atoms with Crippen molar-refractivity contribution in [3.8, 4) is 0 Å². The number of hydrogen-bond acceptors (Lipinski definition) is 9. The van der Waals surface area contributed by atoms with E-state index in [4.69, 9.17) is 20.9 Å². The van der Waals surface area contributed by atoms with Crippen LogP contribution < -0.4 is 32.7 Å². The van der Waals surface area contributed by atoms with Gasteiger partial charge in [-0.15, -0.1) is 0 Å². The van der Waals surface area contributed by atoms with E-state index in [-0.39, 0.29) is 50.7 Å². The molecule has 14 nitrogen and oxygen atoms in total. The first-order chi connectivity index (χ1) is 24.7. The van der Waals surface area contributed by atoms with Crippen molar-refractivity contribution in [2.75, 3.05) is 40.0 Å². The predicted octanol–water partition coefficient (Wildman–Crippen LogP) is 1.68. The zero-order valence-electron chi connectivity index (χ0n) is 32.4. The van der Waals surface area contributed by atoms with Gasteiger partial charge < -0.3 is 47.1 Å². The molecule has 0 aromatic carbocycles. The second-order valence-corrected chi connectivity index (χ2v) is 15.1. The molecule has 5 amide bonds. The maximum atomic E-state index is 14.2. The van der Waals surface area contributed by atoms with Crippen LogP contribution in [0.5, 0.6) is 0 Å². The molecule has 2 fully saturated rings. The van der Waals surface area contributed by atoms with E-state index in [0.29, 0.717) is 25.7 Å². The summed E-state index contributed by atoms with van der Waals surface area (Å²) in [5.74, 6) is -3.38. The molecular formula is C37H68FN7O7. The lowest BCUT2D eigenvalue weighted by atomic mass is 9.83. The van der Waals surface area contributed by atoms with Gasteiger partial charge in [0, 0.05) is 26.2 Å². The monoisotopic (exact) mass is 742 g/mol. The summed E-state index contributed by atoms with van der Waals surface area (Å²) in [5, 5.41) is 11.1. The Labute approximate surface area is 310 Å². The molecule has 0 spiro atoms. The molecule has 1 aliphatic carbocycles. The number of nitrogens with zero attached hydrogens (tertiary/aromatic N) is 1. The molecule has 0 unspecified atom stereocenters. The number of hydrogen-bond donors (Lipinski definition) is 6. The van der Waals surface area contributed by atoms with Gasteiger partial charge in [-0.05, 0) is 44.4 Å². The minimum absolute atomic E-state index is 0.0590. The van der Waals surface area contributed by atoms with E-state index >= 15 is 0 Å². The van der Waals surface area contributed by atoms with Gasteiger partial charge in [-0.2, -0.15) is 0 Å². The van der Waals surface area contributed by atoms with Gasteiger partial charge in [0.1, 0.15) is 30.3 Å². The third-order valence-corrected chi connectivity index (χ3v) is 10.1. The third-order valence-electron chi connectivity index (χ3n) is 10.1. The van der Waals surface area contributed by atoms with Crippen LogP contribution in [0, 0.1) is 17.8 Å². The van der Waals surface area contributed by atoms with Crippen molar-refractivity contribution in [3.05, 3.63) is 0 Å². The maximum Gasteiger partial charge on any atom is 0.245 e. The summed E-state index contributed by atoms with van der Waals surface area (Å²) in [6.07, 6.45) is 7.08. The fourth-order valence-corrected chi connectivity index (χ4v) is 6.87. The quantitative estimate of drug-likeness (QED) is 0.143. The molecule has 1 saturated carbocycles. The molecule has 2 aliphatic rings. The molecule has 0 aromatic rings. The molecule has 300 valence electrons. The number of rotatable bonds is 14. The fraction of sp³-hybridized carbons (Fsp3) is 0.865. The van der Waals surface area contributed by atoms with Gasteiger partial charge in [0.05, 0.1) is 31.8 Å². The van der Waals surface area contributed by atoms with Crippen LogP contribution in [0.15, 0.2) is 0 Å². The Hall–Kier alpha value is -2.88. The summed E-state index contributed by atoms with van der Waals surface area (Å²) in [6.45, 7) is 8.34. The topological polar surface area (TPSA) is 207 Å². The number of carbonyl (C=O) groups excluding carboxylic acids is 5. The minimum Gasteiger partial charge on any atom is -0.376 e. The van der Waals surface area contributed by atoms with E-state index in [1.54, 1.807) is 20.9 Å². The van der Waals surface area contributed by atoms with Crippen LogP contribution in [0.2, 0.25) is 0 Å². The van der Waals surface area contributed by atoms with Gasteiger partial charge in [0.25, 0.3) is 0 Å². The van der Waals surface area contributed by atoms with Crippen LogP contribution in [-0.4, -0.2) is 117 Å². The second-order valence-electron chi connectivity index (χ2n) is 15.1. The molecule has 1 saturated heterocycles. The number of alkyl halides is 1. The van der Waals surface area contributed by atoms with E-state index in [1.165, 1.54) is 4.90 Å². The Bertz CT molecular complexity index is 1130. The average Bonchev–Trinajstić information content (AvgIpc) is 3.12. The van der Waals surface area contributed by atoms with E-state index in [0.717, 1.165) is 44.9 Å². The number of carbonyl (C=O) groups is 5. The first kappa shape index (κ1) is 45.3. The van der Waals surface area contributed by atoms with Crippen molar-refractivity contribution in [1.29, 1.82) is 0 Å². The Morgan fingerprint density at radius 1 is 0.885 bits per heavy atom. The van der Waals surface area contributed by atoms with E-state index < -0.39 is 72.0 Å². The summed E-state index contributed by atoms with van der Waals surface area (Å²) in [7, 11) is 1.62. The van der Waals surface area contributed by atoms with Crippen molar-refractivity contribution in [2.24, 2.45) is 29.2 Å². The highest BCUT2D eigenvalue weighted by molar-refractivity contribution is 5.96. The molecule has 52 heavy (non-hydrogen) atoms. The molecule has 8 atom stereocenters. The van der Waals surface area contributed by atoms with Gasteiger partial charge in [-0.25, -0.2) is 4.39 Å². The van der Waals surface area contributed by atoms with Crippen molar-refractivity contribution in [1.82, 2.24) is 26.2 Å². The normalized spacial score (nSPS) is 29.0. The second kappa shape index (κ2) is 23.7. The summed E-state index contributed by atoms with van der Waals surface area (Å²) < 4.78 is 25.6. The first-order valence-electron chi connectivity index (χ1n) is 19.4. The Kier molecular flexibility index (Phi) is 20.6. The molecule has 1 aliphatic heterocycles. The third kappa shape index (κ3) is 14.9. The average molecular weight is 742 g/mol. The van der Waals surface area contributed by atoms with Crippen molar-refractivity contribution in [3.63, 3.8) is 0 Å².